The number of hydrogen-bond acceptors (Lipinski definition) is 6. The number of benzene rings is 1. The van der Waals surface area contributed by atoms with Crippen molar-refractivity contribution < 1.29 is 33.7 Å². The van der Waals surface area contributed by atoms with Crippen molar-refractivity contribution in [1.29, 1.82) is 0 Å². The molecule has 0 fully saturated rings. The summed E-state index contributed by atoms with van der Waals surface area (Å²) in [5.74, 6) is -4.39. The Bertz CT molecular complexity index is 1090. The molecule has 0 aliphatic carbocycles. The third kappa shape index (κ3) is 4.28. The molecule has 1 aromatic heterocycles. The molecule has 4 N–H and O–H groups in total. The predicted molar refractivity (Wildman–Crippen MR) is 103 cm³/mol. The van der Waals surface area contributed by atoms with Gasteiger partial charge in [0.15, 0.2) is 11.4 Å². The van der Waals surface area contributed by atoms with Crippen LogP contribution in [0.25, 0.3) is 0 Å². The Morgan fingerprint density at radius 3 is 2.68 bits per heavy atom. The Hall–Kier alpha value is -3.31. The van der Waals surface area contributed by atoms with E-state index < -0.39 is 52.5 Å². The Morgan fingerprint density at radius 1 is 1.32 bits per heavy atom. The first kappa shape index (κ1) is 22.4. The van der Waals surface area contributed by atoms with E-state index in [0.717, 1.165) is 27.8 Å². The number of aromatic nitrogens is 1. The van der Waals surface area contributed by atoms with Crippen molar-refractivity contribution in [2.24, 2.45) is 0 Å². The van der Waals surface area contributed by atoms with Crippen molar-refractivity contribution >= 4 is 11.8 Å². The largest absolute Gasteiger partial charge is 0.503 e. The maximum Gasteiger partial charge on any atom is 0.276 e. The maximum atomic E-state index is 13.7. The highest BCUT2D eigenvalue weighted by molar-refractivity contribution is 5.99. The van der Waals surface area contributed by atoms with Crippen LogP contribution in [0.1, 0.15) is 39.8 Å². The van der Waals surface area contributed by atoms with Gasteiger partial charge in [0.05, 0.1) is 6.54 Å². The topological polar surface area (TPSA) is 132 Å². The Balaban J connectivity index is 1.89. The summed E-state index contributed by atoms with van der Waals surface area (Å²) in [6, 6.07) is 2.24. The van der Waals surface area contributed by atoms with Gasteiger partial charge in [-0.05, 0) is 19.4 Å². The summed E-state index contributed by atoms with van der Waals surface area (Å²) < 4.78 is 27.8. The lowest BCUT2D eigenvalue weighted by Crippen LogP contribution is -2.53. The number of pyridine rings is 1. The van der Waals surface area contributed by atoms with E-state index in [1.54, 1.807) is 6.92 Å². The van der Waals surface area contributed by atoms with Gasteiger partial charge in [-0.3, -0.25) is 14.4 Å². The van der Waals surface area contributed by atoms with Crippen LogP contribution in [-0.4, -0.2) is 55.5 Å². The van der Waals surface area contributed by atoms with Gasteiger partial charge < -0.3 is 30.1 Å². The number of carbonyl (C=O) groups is 2. The number of hydrogen-bond donors (Lipinski definition) is 4. The van der Waals surface area contributed by atoms with Gasteiger partial charge >= 0.3 is 0 Å². The first-order valence-corrected chi connectivity index (χ1v) is 9.45. The maximum absolute atomic E-state index is 13.7. The van der Waals surface area contributed by atoms with Crippen LogP contribution in [0.3, 0.4) is 0 Å². The smallest absolute Gasteiger partial charge is 0.276 e. The number of nitrogens with zero attached hydrogens (tertiary/aromatic N) is 2. The van der Waals surface area contributed by atoms with Gasteiger partial charge in [-0.2, -0.15) is 0 Å². The number of amides is 2. The summed E-state index contributed by atoms with van der Waals surface area (Å²) in [7, 11) is 0. The summed E-state index contributed by atoms with van der Waals surface area (Å²) in [5, 5.41) is 32.1. The molecular formula is C20H21F2N3O6. The third-order valence-electron chi connectivity index (χ3n) is 5.10. The monoisotopic (exact) mass is 437 g/mol. The fourth-order valence-electron chi connectivity index (χ4n) is 3.46. The van der Waals surface area contributed by atoms with E-state index >= 15 is 0 Å². The quantitative estimate of drug-likeness (QED) is 0.514. The van der Waals surface area contributed by atoms with Crippen LogP contribution in [-0.2, 0) is 13.1 Å². The van der Waals surface area contributed by atoms with E-state index in [2.05, 4.69) is 5.32 Å². The molecule has 0 saturated heterocycles. The van der Waals surface area contributed by atoms with Gasteiger partial charge in [-0.25, -0.2) is 8.78 Å². The molecule has 2 atom stereocenters. The van der Waals surface area contributed by atoms with Crippen LogP contribution in [0, 0.1) is 11.6 Å². The minimum absolute atomic E-state index is 0.0175. The normalized spacial score (nSPS) is 16.7. The summed E-state index contributed by atoms with van der Waals surface area (Å²) in [6.45, 7) is 0.793. The lowest BCUT2D eigenvalue weighted by atomic mass is 10.1. The molecule has 0 radical (unpaired) electrons. The number of carbonyl (C=O) groups excluding carboxylic acids is 2. The van der Waals surface area contributed by atoms with E-state index in [4.69, 9.17) is 5.11 Å². The number of aromatic hydroxyl groups is 1. The van der Waals surface area contributed by atoms with Gasteiger partial charge in [0.2, 0.25) is 5.43 Å². The lowest BCUT2D eigenvalue weighted by Gasteiger charge is -2.38. The zero-order valence-corrected chi connectivity index (χ0v) is 16.5. The molecule has 166 valence electrons. The molecule has 1 aromatic carbocycles. The molecule has 0 bridgehead atoms. The first-order valence-electron chi connectivity index (χ1n) is 9.45. The number of nitrogens with one attached hydrogen (secondary N) is 1. The number of rotatable bonds is 6. The Morgan fingerprint density at radius 2 is 2.03 bits per heavy atom. The van der Waals surface area contributed by atoms with Crippen molar-refractivity contribution in [3.63, 3.8) is 0 Å². The zero-order chi connectivity index (χ0) is 22.9. The number of fused-ring (bicyclic) bond motifs is 1. The average Bonchev–Trinajstić information content (AvgIpc) is 2.69. The van der Waals surface area contributed by atoms with Crippen LogP contribution >= 0.6 is 0 Å². The van der Waals surface area contributed by atoms with Gasteiger partial charge in [0, 0.05) is 37.0 Å². The van der Waals surface area contributed by atoms with Crippen LogP contribution in [0.5, 0.6) is 5.75 Å². The second-order valence-corrected chi connectivity index (χ2v) is 7.19. The average molecular weight is 437 g/mol. The number of aliphatic hydroxyl groups is 2. The van der Waals surface area contributed by atoms with Crippen molar-refractivity contribution in [2.75, 3.05) is 6.61 Å². The highest BCUT2D eigenvalue weighted by atomic mass is 19.1. The predicted octanol–water partition coefficient (Wildman–Crippen LogP) is 0.307. The summed E-state index contributed by atoms with van der Waals surface area (Å²) in [6.07, 6.45) is -0.107. The second-order valence-electron chi connectivity index (χ2n) is 7.19. The van der Waals surface area contributed by atoms with E-state index in [1.807, 2.05) is 0 Å². The Kier molecular flexibility index (Phi) is 6.37. The molecule has 0 spiro atoms. The fraction of sp³-hybridized carbons (Fsp3) is 0.350. The summed E-state index contributed by atoms with van der Waals surface area (Å²) >= 11 is 0. The molecule has 9 nitrogen and oxygen atoms in total. The van der Waals surface area contributed by atoms with Gasteiger partial charge in [0.25, 0.3) is 11.8 Å². The fourth-order valence-corrected chi connectivity index (χ4v) is 3.46. The molecule has 2 amide bonds. The molecule has 31 heavy (non-hydrogen) atoms. The van der Waals surface area contributed by atoms with Gasteiger partial charge in [0.1, 0.15) is 23.4 Å². The highest BCUT2D eigenvalue weighted by Crippen LogP contribution is 2.25. The molecule has 2 heterocycles. The minimum atomic E-state index is -1.31. The zero-order valence-electron chi connectivity index (χ0n) is 16.5. The summed E-state index contributed by atoms with van der Waals surface area (Å²) in [5.41, 5.74) is -2.03. The number of halogens is 2. The molecule has 3 rings (SSSR count). The molecule has 2 aromatic rings. The second kappa shape index (κ2) is 8.82. The molecule has 11 heteroatoms. The van der Waals surface area contributed by atoms with Crippen LogP contribution < -0.4 is 10.7 Å². The SMILES string of the molecule is C[C@H](CCO)N1C(=O)c2c(O)c(=O)c(C(=O)NCc3ccc(F)cc3F)cn2CC1O. The standard InChI is InChI=1S/C20H21F2N3O6/c1-10(4-5-26)25-15(27)9-24-8-13(17(28)18(29)16(24)20(25)31)19(30)23-7-11-2-3-12(21)6-14(11)22/h2-3,6,8,10,15,26-27,29H,4-5,7,9H2,1H3,(H,23,30)/t10-,15?/m1/s1. The van der Waals surface area contributed by atoms with Crippen LogP contribution in [0.15, 0.2) is 29.2 Å². The molecule has 1 unspecified atom stereocenters. The van der Waals surface area contributed by atoms with Crippen LogP contribution in [0.4, 0.5) is 8.78 Å². The molecule has 0 saturated carbocycles. The summed E-state index contributed by atoms with van der Waals surface area (Å²) in [4.78, 5) is 38.8. The Labute approximate surface area is 175 Å². The van der Waals surface area contributed by atoms with E-state index in [9.17, 15) is 33.4 Å². The lowest BCUT2D eigenvalue weighted by molar-refractivity contribution is -0.0320. The van der Waals surface area contributed by atoms with Crippen molar-refractivity contribution in [1.82, 2.24) is 14.8 Å². The van der Waals surface area contributed by atoms with Crippen molar-refractivity contribution in [2.45, 2.75) is 38.7 Å². The van der Waals surface area contributed by atoms with Gasteiger partial charge in [-0.1, -0.05) is 6.07 Å². The van der Waals surface area contributed by atoms with Crippen LogP contribution in [0.2, 0.25) is 0 Å². The molecular weight excluding hydrogens is 416 g/mol. The molecule has 1 aliphatic heterocycles. The van der Waals surface area contributed by atoms with E-state index in [-0.39, 0.29) is 37.4 Å². The van der Waals surface area contributed by atoms with Crippen molar-refractivity contribution in [3.05, 3.63) is 63.1 Å². The highest BCUT2D eigenvalue weighted by Gasteiger charge is 2.37. The van der Waals surface area contributed by atoms with E-state index in [1.165, 1.54) is 0 Å². The molecule has 1 aliphatic rings. The number of aliphatic hydroxyl groups excluding tert-OH is 2. The first-order chi connectivity index (χ1) is 14.6. The van der Waals surface area contributed by atoms with E-state index in [0.29, 0.717) is 6.07 Å². The minimum Gasteiger partial charge on any atom is -0.503 e. The third-order valence-corrected chi connectivity index (χ3v) is 5.10. The van der Waals surface area contributed by atoms with Crippen molar-refractivity contribution in [3.8, 4) is 5.75 Å². The van der Waals surface area contributed by atoms with Gasteiger partial charge in [-0.15, -0.1) is 0 Å².